The number of aryl methyl sites for hydroxylation is 2. The molecule has 0 radical (unpaired) electrons. The molecule has 0 aliphatic carbocycles. The van der Waals surface area contributed by atoms with Crippen molar-refractivity contribution >= 4 is 38.3 Å². The van der Waals surface area contributed by atoms with Gasteiger partial charge in [-0.1, -0.05) is 30.4 Å². The second-order valence-electron chi connectivity index (χ2n) is 10.6. The fourth-order valence-electron chi connectivity index (χ4n) is 5.27. The molecule has 0 bridgehead atoms. The minimum Gasteiger partial charge on any atom is -0.369 e. The molecule has 1 N–H and O–H groups in total. The van der Waals surface area contributed by atoms with Gasteiger partial charge in [0.2, 0.25) is 0 Å². The molecule has 36 heavy (non-hydrogen) atoms. The number of aromatic nitrogens is 1. The number of nitrogens with zero attached hydrogens (tertiary/aromatic N) is 4. The average Bonchev–Trinajstić information content (AvgIpc) is 3.32. The van der Waals surface area contributed by atoms with Crippen molar-refractivity contribution in [1.82, 2.24) is 15.2 Å². The first-order valence-electron chi connectivity index (χ1n) is 13.4. The van der Waals surface area contributed by atoms with Crippen LogP contribution < -0.4 is 15.1 Å². The Labute approximate surface area is 219 Å². The molecule has 0 spiro atoms. The van der Waals surface area contributed by atoms with Gasteiger partial charge in [0.15, 0.2) is 5.13 Å². The predicted octanol–water partition coefficient (Wildman–Crippen LogP) is 5.09. The third-order valence-electron chi connectivity index (χ3n) is 7.71. The third-order valence-corrected chi connectivity index (χ3v) is 8.79. The minimum absolute atomic E-state index is 0.0124. The van der Waals surface area contributed by atoms with Crippen molar-refractivity contribution in [3.05, 3.63) is 53.1 Å². The second-order valence-corrected chi connectivity index (χ2v) is 11.6. The molecule has 0 saturated carbocycles. The van der Waals surface area contributed by atoms with E-state index in [1.165, 1.54) is 29.7 Å². The summed E-state index contributed by atoms with van der Waals surface area (Å²) in [5, 5.41) is 4.21. The van der Waals surface area contributed by atoms with Crippen molar-refractivity contribution in [2.75, 3.05) is 62.2 Å². The lowest BCUT2D eigenvalue weighted by Crippen LogP contribution is -2.47. The number of piperidine rings is 1. The SMILES string of the molecule is Cc1ccc(C)c(N2CCN(CCCNC(=O)c3ccc4nc(N5CCC(C)CC5)sc4c3)CC2)c1. The van der Waals surface area contributed by atoms with Gasteiger partial charge >= 0.3 is 0 Å². The Morgan fingerprint density at radius 2 is 1.78 bits per heavy atom. The number of rotatable bonds is 7. The highest BCUT2D eigenvalue weighted by Gasteiger charge is 2.20. The van der Waals surface area contributed by atoms with E-state index in [0.717, 1.165) is 79.1 Å². The first-order valence-corrected chi connectivity index (χ1v) is 14.3. The highest BCUT2D eigenvalue weighted by atomic mass is 32.1. The Balaban J connectivity index is 1.07. The van der Waals surface area contributed by atoms with Crippen molar-refractivity contribution in [2.24, 2.45) is 5.92 Å². The zero-order chi connectivity index (χ0) is 25.1. The molecule has 2 aliphatic rings. The average molecular weight is 506 g/mol. The number of fused-ring (bicyclic) bond motifs is 1. The van der Waals surface area contributed by atoms with E-state index < -0.39 is 0 Å². The predicted molar refractivity (Wildman–Crippen MR) is 152 cm³/mol. The van der Waals surface area contributed by atoms with Crippen LogP contribution >= 0.6 is 11.3 Å². The number of nitrogens with one attached hydrogen (secondary N) is 1. The van der Waals surface area contributed by atoms with Crippen LogP contribution in [0.15, 0.2) is 36.4 Å². The summed E-state index contributed by atoms with van der Waals surface area (Å²) in [4.78, 5) is 25.0. The van der Waals surface area contributed by atoms with Gasteiger partial charge < -0.3 is 15.1 Å². The van der Waals surface area contributed by atoms with Crippen molar-refractivity contribution in [1.29, 1.82) is 0 Å². The van der Waals surface area contributed by atoms with E-state index >= 15 is 0 Å². The Bertz CT molecular complexity index is 1190. The normalized spacial score (nSPS) is 17.6. The van der Waals surface area contributed by atoms with Gasteiger partial charge in [-0.25, -0.2) is 4.98 Å². The maximum atomic E-state index is 12.8. The number of hydrogen-bond acceptors (Lipinski definition) is 6. The van der Waals surface area contributed by atoms with E-state index in [-0.39, 0.29) is 5.91 Å². The lowest BCUT2D eigenvalue weighted by Gasteiger charge is -2.37. The van der Waals surface area contributed by atoms with Gasteiger partial charge in [0, 0.05) is 57.1 Å². The first-order chi connectivity index (χ1) is 17.5. The number of amides is 1. The highest BCUT2D eigenvalue weighted by molar-refractivity contribution is 7.22. The zero-order valence-corrected chi connectivity index (χ0v) is 22.7. The van der Waals surface area contributed by atoms with Crippen molar-refractivity contribution in [3.63, 3.8) is 0 Å². The van der Waals surface area contributed by atoms with Gasteiger partial charge in [0.1, 0.15) is 0 Å². The summed E-state index contributed by atoms with van der Waals surface area (Å²) >= 11 is 1.71. The van der Waals surface area contributed by atoms with Crippen LogP contribution in [0.25, 0.3) is 10.2 Å². The molecule has 3 heterocycles. The number of benzene rings is 2. The lowest BCUT2D eigenvalue weighted by atomic mass is 10.00. The molecule has 5 rings (SSSR count). The van der Waals surface area contributed by atoms with E-state index in [1.807, 2.05) is 18.2 Å². The molecule has 2 aliphatic heterocycles. The van der Waals surface area contributed by atoms with E-state index in [4.69, 9.17) is 4.98 Å². The van der Waals surface area contributed by atoms with E-state index in [2.05, 4.69) is 59.0 Å². The number of anilines is 2. The number of thiazole rings is 1. The third kappa shape index (κ3) is 5.84. The number of carbonyl (C=O) groups excluding carboxylic acids is 1. The summed E-state index contributed by atoms with van der Waals surface area (Å²) in [6, 6.07) is 12.6. The molecule has 3 aromatic rings. The van der Waals surface area contributed by atoms with Crippen LogP contribution in [0.4, 0.5) is 10.8 Å². The molecule has 6 nitrogen and oxygen atoms in total. The van der Waals surface area contributed by atoms with Gasteiger partial charge in [-0.05, 0) is 81.0 Å². The standard InChI is InChI=1S/C29H39N5OS/c1-21-9-13-34(14-10-21)29-31-25-8-7-24(20-27(25)36-29)28(35)30-11-4-12-32-15-17-33(18-16-32)26-19-22(2)5-6-23(26)3/h5-8,19-21H,4,9-18H2,1-3H3,(H,30,35). The molecular formula is C29H39N5OS. The van der Waals surface area contributed by atoms with Crippen molar-refractivity contribution in [3.8, 4) is 0 Å². The first kappa shape index (κ1) is 25.0. The van der Waals surface area contributed by atoms with Crippen LogP contribution in [0.3, 0.4) is 0 Å². The smallest absolute Gasteiger partial charge is 0.251 e. The molecule has 0 atom stereocenters. The highest BCUT2D eigenvalue weighted by Crippen LogP contribution is 2.32. The maximum Gasteiger partial charge on any atom is 0.251 e. The van der Waals surface area contributed by atoms with Crippen LogP contribution in [0.2, 0.25) is 0 Å². The Morgan fingerprint density at radius 3 is 2.56 bits per heavy atom. The van der Waals surface area contributed by atoms with Crippen molar-refractivity contribution < 1.29 is 4.79 Å². The fraction of sp³-hybridized carbons (Fsp3) is 0.517. The molecule has 1 amide bonds. The summed E-state index contributed by atoms with van der Waals surface area (Å²) in [6.07, 6.45) is 3.42. The number of carbonyl (C=O) groups is 1. The maximum absolute atomic E-state index is 12.8. The fourth-order valence-corrected chi connectivity index (χ4v) is 6.32. The summed E-state index contributed by atoms with van der Waals surface area (Å²) < 4.78 is 1.10. The minimum atomic E-state index is 0.0124. The van der Waals surface area contributed by atoms with Gasteiger partial charge in [-0.15, -0.1) is 0 Å². The summed E-state index contributed by atoms with van der Waals surface area (Å²) in [6.45, 7) is 14.8. The summed E-state index contributed by atoms with van der Waals surface area (Å²) in [5.74, 6) is 0.816. The van der Waals surface area contributed by atoms with Crippen LogP contribution in [0, 0.1) is 19.8 Å². The Hall–Kier alpha value is -2.64. The molecule has 2 saturated heterocycles. The largest absolute Gasteiger partial charge is 0.369 e. The van der Waals surface area contributed by atoms with Crippen molar-refractivity contribution in [2.45, 2.75) is 40.0 Å². The summed E-state index contributed by atoms with van der Waals surface area (Å²) in [5.41, 5.74) is 5.76. The lowest BCUT2D eigenvalue weighted by molar-refractivity contribution is 0.0951. The Morgan fingerprint density at radius 1 is 1.00 bits per heavy atom. The molecule has 192 valence electrons. The summed E-state index contributed by atoms with van der Waals surface area (Å²) in [7, 11) is 0. The van der Waals surface area contributed by atoms with E-state index in [1.54, 1.807) is 11.3 Å². The molecule has 7 heteroatoms. The quantitative estimate of drug-likeness (QED) is 0.453. The van der Waals surface area contributed by atoms with Crippen LogP contribution in [0.5, 0.6) is 0 Å². The van der Waals surface area contributed by atoms with Gasteiger partial charge in [0.25, 0.3) is 5.91 Å². The molecule has 1 aromatic heterocycles. The van der Waals surface area contributed by atoms with Crippen LogP contribution in [0.1, 0.15) is 47.7 Å². The number of hydrogen-bond donors (Lipinski definition) is 1. The number of piperazine rings is 1. The van der Waals surface area contributed by atoms with Gasteiger partial charge in [-0.2, -0.15) is 0 Å². The van der Waals surface area contributed by atoms with Crippen LogP contribution in [-0.2, 0) is 0 Å². The van der Waals surface area contributed by atoms with Crippen LogP contribution in [-0.4, -0.2) is 68.1 Å². The van der Waals surface area contributed by atoms with Gasteiger partial charge in [0.05, 0.1) is 10.2 Å². The molecular weight excluding hydrogens is 466 g/mol. The molecule has 2 fully saturated rings. The van der Waals surface area contributed by atoms with Gasteiger partial charge in [-0.3, -0.25) is 9.69 Å². The van der Waals surface area contributed by atoms with E-state index in [0.29, 0.717) is 6.54 Å². The Kier molecular flexibility index (Phi) is 7.77. The molecule has 2 aromatic carbocycles. The topological polar surface area (TPSA) is 51.7 Å². The second kappa shape index (κ2) is 11.2. The van der Waals surface area contributed by atoms with E-state index in [9.17, 15) is 4.79 Å². The molecule has 0 unspecified atom stereocenters. The zero-order valence-electron chi connectivity index (χ0n) is 21.9. The monoisotopic (exact) mass is 505 g/mol.